The molecule has 0 aromatic heterocycles. The summed E-state index contributed by atoms with van der Waals surface area (Å²) in [5.74, 6) is 0.934. The predicted molar refractivity (Wildman–Crippen MR) is 49.2 cm³/mol. The van der Waals surface area contributed by atoms with Crippen LogP contribution in [-0.2, 0) is 6.42 Å². The van der Waals surface area contributed by atoms with Gasteiger partial charge in [-0.15, -0.1) is 0 Å². The minimum Gasteiger partial charge on any atom is -0.497 e. The molecule has 0 spiro atoms. The van der Waals surface area contributed by atoms with Crippen molar-refractivity contribution in [2.24, 2.45) is 4.99 Å². The first-order chi connectivity index (χ1) is 5.90. The molecule has 0 saturated heterocycles. The van der Waals surface area contributed by atoms with Gasteiger partial charge in [0, 0.05) is 12.8 Å². The van der Waals surface area contributed by atoms with Crippen molar-refractivity contribution in [3.05, 3.63) is 29.3 Å². The van der Waals surface area contributed by atoms with E-state index in [4.69, 9.17) is 4.74 Å². The molecule has 0 atom stereocenters. The lowest BCUT2D eigenvalue weighted by molar-refractivity contribution is 0.414. The van der Waals surface area contributed by atoms with Crippen LogP contribution < -0.4 is 4.74 Å². The topological polar surface area (TPSA) is 21.6 Å². The van der Waals surface area contributed by atoms with Gasteiger partial charge in [0.1, 0.15) is 5.75 Å². The van der Waals surface area contributed by atoms with Crippen molar-refractivity contribution in [2.45, 2.75) is 6.42 Å². The Morgan fingerprint density at radius 2 is 2.33 bits per heavy atom. The largest absolute Gasteiger partial charge is 0.497 e. The Hall–Kier alpha value is -1.31. The van der Waals surface area contributed by atoms with Crippen LogP contribution in [-0.4, -0.2) is 19.9 Å². The summed E-state index contributed by atoms with van der Waals surface area (Å²) in [6.45, 7) is 0.903. The van der Waals surface area contributed by atoms with E-state index in [1.54, 1.807) is 7.11 Å². The van der Waals surface area contributed by atoms with Crippen molar-refractivity contribution in [3.8, 4) is 5.75 Å². The van der Waals surface area contributed by atoms with E-state index in [1.807, 2.05) is 12.3 Å². The number of methoxy groups -OCH3 is 1. The molecule has 0 fully saturated rings. The molecule has 62 valence electrons. The van der Waals surface area contributed by atoms with Gasteiger partial charge in [-0.2, -0.15) is 0 Å². The molecular formula is C10H11NO. The molecule has 0 radical (unpaired) electrons. The van der Waals surface area contributed by atoms with Crippen molar-refractivity contribution in [1.29, 1.82) is 0 Å². The van der Waals surface area contributed by atoms with E-state index in [2.05, 4.69) is 17.1 Å². The zero-order chi connectivity index (χ0) is 8.39. The lowest BCUT2D eigenvalue weighted by atomic mass is 10.0. The standard InChI is InChI=1S/C10H11NO/c1-12-10-3-2-9-7-11-5-4-8(9)6-10/h2-3,6-7H,4-5H2,1H3. The van der Waals surface area contributed by atoms with Crippen LogP contribution in [0.15, 0.2) is 23.2 Å². The van der Waals surface area contributed by atoms with Gasteiger partial charge in [-0.25, -0.2) is 0 Å². The van der Waals surface area contributed by atoms with E-state index in [0.29, 0.717) is 0 Å². The zero-order valence-electron chi connectivity index (χ0n) is 7.08. The Morgan fingerprint density at radius 3 is 3.17 bits per heavy atom. The molecule has 12 heavy (non-hydrogen) atoms. The van der Waals surface area contributed by atoms with E-state index in [1.165, 1.54) is 11.1 Å². The Balaban J connectivity index is 2.44. The smallest absolute Gasteiger partial charge is 0.119 e. The first-order valence-electron chi connectivity index (χ1n) is 4.07. The maximum atomic E-state index is 5.14. The molecule has 2 nitrogen and oxygen atoms in total. The first kappa shape index (κ1) is 7.35. The van der Waals surface area contributed by atoms with Crippen LogP contribution >= 0.6 is 0 Å². The van der Waals surface area contributed by atoms with Crippen LogP contribution in [0.4, 0.5) is 0 Å². The van der Waals surface area contributed by atoms with Crippen molar-refractivity contribution in [2.75, 3.05) is 13.7 Å². The number of nitrogens with zero attached hydrogens (tertiary/aromatic N) is 1. The summed E-state index contributed by atoms with van der Waals surface area (Å²) in [7, 11) is 1.69. The molecule has 1 aromatic rings. The van der Waals surface area contributed by atoms with Crippen molar-refractivity contribution in [3.63, 3.8) is 0 Å². The Morgan fingerprint density at radius 1 is 1.42 bits per heavy atom. The summed E-state index contributed by atoms with van der Waals surface area (Å²) >= 11 is 0. The molecule has 0 amide bonds. The van der Waals surface area contributed by atoms with E-state index >= 15 is 0 Å². The second-order valence-electron chi connectivity index (χ2n) is 2.85. The molecule has 0 aliphatic carbocycles. The molecule has 1 heterocycles. The van der Waals surface area contributed by atoms with Gasteiger partial charge in [0.15, 0.2) is 0 Å². The van der Waals surface area contributed by atoms with Crippen LogP contribution in [0.3, 0.4) is 0 Å². The molecular weight excluding hydrogens is 150 g/mol. The summed E-state index contributed by atoms with van der Waals surface area (Å²) in [6.07, 6.45) is 2.96. The fourth-order valence-electron chi connectivity index (χ4n) is 1.40. The van der Waals surface area contributed by atoms with Crippen molar-refractivity contribution < 1.29 is 4.74 Å². The quantitative estimate of drug-likeness (QED) is 0.614. The summed E-state index contributed by atoms with van der Waals surface area (Å²) in [6, 6.07) is 6.10. The number of aliphatic imine (C=N–C) groups is 1. The monoisotopic (exact) mass is 161 g/mol. The highest BCUT2D eigenvalue weighted by Crippen LogP contribution is 2.18. The third kappa shape index (κ3) is 1.20. The molecule has 1 aliphatic rings. The number of benzene rings is 1. The van der Waals surface area contributed by atoms with Gasteiger partial charge < -0.3 is 4.74 Å². The van der Waals surface area contributed by atoms with E-state index in [9.17, 15) is 0 Å². The summed E-state index contributed by atoms with van der Waals surface area (Å²) < 4.78 is 5.14. The Bertz CT molecular complexity index is 318. The van der Waals surface area contributed by atoms with E-state index in [-0.39, 0.29) is 0 Å². The molecule has 0 unspecified atom stereocenters. The highest BCUT2D eigenvalue weighted by Gasteiger charge is 2.05. The highest BCUT2D eigenvalue weighted by atomic mass is 16.5. The Kier molecular flexibility index (Phi) is 1.82. The van der Waals surface area contributed by atoms with Gasteiger partial charge in [-0.05, 0) is 35.7 Å². The maximum absolute atomic E-state index is 5.14. The van der Waals surface area contributed by atoms with Crippen molar-refractivity contribution in [1.82, 2.24) is 0 Å². The van der Waals surface area contributed by atoms with Gasteiger partial charge in [0.2, 0.25) is 0 Å². The fourth-order valence-corrected chi connectivity index (χ4v) is 1.40. The predicted octanol–water partition coefficient (Wildman–Crippen LogP) is 1.67. The molecule has 0 bridgehead atoms. The van der Waals surface area contributed by atoms with Crippen molar-refractivity contribution >= 4 is 6.21 Å². The first-order valence-corrected chi connectivity index (χ1v) is 4.07. The van der Waals surface area contributed by atoms with Gasteiger partial charge in [-0.1, -0.05) is 0 Å². The van der Waals surface area contributed by atoms with Crippen LogP contribution in [0.2, 0.25) is 0 Å². The van der Waals surface area contributed by atoms with Crippen LogP contribution in [0.25, 0.3) is 0 Å². The molecule has 2 heteroatoms. The number of hydrogen-bond donors (Lipinski definition) is 0. The van der Waals surface area contributed by atoms with E-state index in [0.717, 1.165) is 18.7 Å². The number of fused-ring (bicyclic) bond motifs is 1. The van der Waals surface area contributed by atoms with Gasteiger partial charge in [-0.3, -0.25) is 4.99 Å². The van der Waals surface area contributed by atoms with Gasteiger partial charge >= 0.3 is 0 Å². The third-order valence-corrected chi connectivity index (χ3v) is 2.09. The number of hydrogen-bond acceptors (Lipinski definition) is 2. The molecule has 1 aliphatic heterocycles. The minimum atomic E-state index is 0.903. The molecule has 0 N–H and O–H groups in total. The number of ether oxygens (including phenoxy) is 1. The zero-order valence-corrected chi connectivity index (χ0v) is 7.08. The SMILES string of the molecule is COc1ccc2c(c1)CCN=C2. The lowest BCUT2D eigenvalue weighted by Crippen LogP contribution is -2.02. The Labute approximate surface area is 71.9 Å². The summed E-state index contributed by atoms with van der Waals surface area (Å²) in [4.78, 5) is 4.21. The molecule has 0 saturated carbocycles. The fraction of sp³-hybridized carbons (Fsp3) is 0.300. The summed E-state index contributed by atoms with van der Waals surface area (Å²) in [5.41, 5.74) is 2.56. The normalized spacial score (nSPS) is 14.1. The molecule has 2 rings (SSSR count). The minimum absolute atomic E-state index is 0.903. The summed E-state index contributed by atoms with van der Waals surface area (Å²) in [5, 5.41) is 0. The molecule has 1 aromatic carbocycles. The second kappa shape index (κ2) is 2.97. The third-order valence-electron chi connectivity index (χ3n) is 2.09. The van der Waals surface area contributed by atoms with Crippen LogP contribution in [0, 0.1) is 0 Å². The lowest BCUT2D eigenvalue weighted by Gasteiger charge is -2.10. The maximum Gasteiger partial charge on any atom is 0.119 e. The average molecular weight is 161 g/mol. The highest BCUT2D eigenvalue weighted by molar-refractivity contribution is 5.83. The van der Waals surface area contributed by atoms with Gasteiger partial charge in [0.25, 0.3) is 0 Å². The van der Waals surface area contributed by atoms with Crippen LogP contribution in [0.1, 0.15) is 11.1 Å². The van der Waals surface area contributed by atoms with Crippen LogP contribution in [0.5, 0.6) is 5.75 Å². The average Bonchev–Trinajstić information content (AvgIpc) is 2.17. The second-order valence-corrected chi connectivity index (χ2v) is 2.85. The number of rotatable bonds is 1. The van der Waals surface area contributed by atoms with Gasteiger partial charge in [0.05, 0.1) is 7.11 Å². The van der Waals surface area contributed by atoms with E-state index < -0.39 is 0 Å².